The summed E-state index contributed by atoms with van der Waals surface area (Å²) in [6, 6.07) is 7.40. The van der Waals surface area contributed by atoms with Gasteiger partial charge in [0.2, 0.25) is 5.91 Å². The zero-order valence-electron chi connectivity index (χ0n) is 11.9. The number of nitrogen functional groups attached to an aromatic ring is 1. The van der Waals surface area contributed by atoms with Crippen LogP contribution in [-0.2, 0) is 14.6 Å². The molecule has 0 saturated heterocycles. The van der Waals surface area contributed by atoms with Crippen molar-refractivity contribution in [3.8, 4) is 0 Å². The lowest BCUT2D eigenvalue weighted by Gasteiger charge is -2.21. The quantitative estimate of drug-likeness (QED) is 0.926. The zero-order chi connectivity index (χ0) is 16.5. The van der Waals surface area contributed by atoms with E-state index in [2.05, 4.69) is 4.98 Å². The van der Waals surface area contributed by atoms with Crippen LogP contribution in [0.1, 0.15) is 6.92 Å². The van der Waals surface area contributed by atoms with Gasteiger partial charge in [-0.3, -0.25) is 9.69 Å². The van der Waals surface area contributed by atoms with Crippen LogP contribution in [0.4, 0.5) is 17.2 Å². The van der Waals surface area contributed by atoms with Gasteiger partial charge in [0, 0.05) is 31.1 Å². The number of anilines is 3. The van der Waals surface area contributed by atoms with Crippen molar-refractivity contribution in [2.75, 3.05) is 16.9 Å². The fourth-order valence-corrected chi connectivity index (χ4v) is 3.28. The van der Waals surface area contributed by atoms with Crippen LogP contribution in [-0.4, -0.2) is 25.6 Å². The van der Waals surface area contributed by atoms with Crippen LogP contribution in [0.2, 0.25) is 5.02 Å². The molecule has 8 heteroatoms. The Morgan fingerprint density at radius 1 is 1.27 bits per heavy atom. The van der Waals surface area contributed by atoms with Gasteiger partial charge < -0.3 is 5.73 Å². The topological polar surface area (TPSA) is 93.4 Å². The fourth-order valence-electron chi connectivity index (χ4n) is 1.96. The van der Waals surface area contributed by atoms with Crippen molar-refractivity contribution >= 4 is 44.5 Å². The molecule has 0 unspecified atom stereocenters. The molecule has 0 atom stereocenters. The molecule has 0 aliphatic heterocycles. The Kier molecular flexibility index (Phi) is 4.39. The number of sulfone groups is 1. The SMILES string of the molecule is CC(=O)N(c1ccc(S(C)(=O)=O)c(Cl)c1)c1cc(N)ccn1. The van der Waals surface area contributed by atoms with Gasteiger partial charge in [-0.2, -0.15) is 0 Å². The second-order valence-corrected chi connectivity index (χ2v) is 7.08. The standard InChI is InChI=1S/C14H14ClN3O3S/c1-9(19)18(14-7-10(16)5-6-17-14)11-3-4-13(12(15)8-11)22(2,20)21/h3-8H,1-2H3,(H2,16,17). The first kappa shape index (κ1) is 16.3. The lowest BCUT2D eigenvalue weighted by atomic mass is 10.2. The molecule has 116 valence electrons. The van der Waals surface area contributed by atoms with E-state index in [1.807, 2.05) is 0 Å². The van der Waals surface area contributed by atoms with Crippen molar-refractivity contribution in [3.05, 3.63) is 41.6 Å². The number of carbonyl (C=O) groups excluding carboxylic acids is 1. The summed E-state index contributed by atoms with van der Waals surface area (Å²) in [5, 5.41) is 0.0372. The second kappa shape index (κ2) is 5.94. The summed E-state index contributed by atoms with van der Waals surface area (Å²) in [5.74, 6) is 0.0249. The largest absolute Gasteiger partial charge is 0.399 e. The van der Waals surface area contributed by atoms with Crippen molar-refractivity contribution in [3.63, 3.8) is 0 Å². The van der Waals surface area contributed by atoms with Gasteiger partial charge >= 0.3 is 0 Å². The van der Waals surface area contributed by atoms with E-state index < -0.39 is 9.84 Å². The maximum absolute atomic E-state index is 11.9. The Morgan fingerprint density at radius 2 is 1.95 bits per heavy atom. The molecule has 0 radical (unpaired) electrons. The van der Waals surface area contributed by atoms with E-state index in [4.69, 9.17) is 17.3 Å². The third kappa shape index (κ3) is 3.37. The number of hydrogen-bond acceptors (Lipinski definition) is 5. The van der Waals surface area contributed by atoms with Crippen LogP contribution in [0.25, 0.3) is 0 Å². The van der Waals surface area contributed by atoms with Gasteiger partial charge in [-0.15, -0.1) is 0 Å². The van der Waals surface area contributed by atoms with E-state index in [1.54, 1.807) is 12.1 Å². The van der Waals surface area contributed by atoms with Crippen molar-refractivity contribution in [1.29, 1.82) is 0 Å². The molecule has 0 bridgehead atoms. The molecular weight excluding hydrogens is 326 g/mol. The predicted molar refractivity (Wildman–Crippen MR) is 86.0 cm³/mol. The number of aromatic nitrogens is 1. The van der Waals surface area contributed by atoms with Gasteiger partial charge in [0.1, 0.15) is 5.82 Å². The minimum absolute atomic E-state index is 0.00181. The zero-order valence-corrected chi connectivity index (χ0v) is 13.5. The molecule has 1 aromatic heterocycles. The normalized spacial score (nSPS) is 11.2. The Hall–Kier alpha value is -2.12. The van der Waals surface area contributed by atoms with E-state index >= 15 is 0 Å². The molecule has 0 aliphatic carbocycles. The Bertz CT molecular complexity index is 837. The highest BCUT2D eigenvalue weighted by Gasteiger charge is 2.19. The molecule has 6 nitrogen and oxygen atoms in total. The summed E-state index contributed by atoms with van der Waals surface area (Å²) >= 11 is 6.02. The number of amides is 1. The summed E-state index contributed by atoms with van der Waals surface area (Å²) < 4.78 is 23.2. The lowest BCUT2D eigenvalue weighted by molar-refractivity contribution is -0.115. The average molecular weight is 340 g/mol. The van der Waals surface area contributed by atoms with Crippen LogP contribution in [0.5, 0.6) is 0 Å². The molecule has 1 amide bonds. The van der Waals surface area contributed by atoms with Crippen LogP contribution in [0.15, 0.2) is 41.4 Å². The number of benzene rings is 1. The van der Waals surface area contributed by atoms with Crippen molar-refractivity contribution in [1.82, 2.24) is 4.98 Å². The number of carbonyl (C=O) groups is 1. The van der Waals surface area contributed by atoms with Crippen molar-refractivity contribution in [2.45, 2.75) is 11.8 Å². The molecule has 1 heterocycles. The van der Waals surface area contributed by atoms with E-state index in [-0.39, 0.29) is 15.8 Å². The van der Waals surface area contributed by atoms with E-state index in [1.165, 1.54) is 36.2 Å². The number of nitrogens with two attached hydrogens (primary N) is 1. The van der Waals surface area contributed by atoms with E-state index in [0.717, 1.165) is 6.26 Å². The molecule has 1 aromatic carbocycles. The molecule has 22 heavy (non-hydrogen) atoms. The molecule has 0 saturated carbocycles. The van der Waals surface area contributed by atoms with E-state index in [9.17, 15) is 13.2 Å². The third-order valence-corrected chi connectivity index (χ3v) is 4.47. The number of pyridine rings is 1. The first-order chi connectivity index (χ1) is 10.2. The summed E-state index contributed by atoms with van der Waals surface area (Å²) in [7, 11) is -3.44. The predicted octanol–water partition coefficient (Wildman–Crippen LogP) is 2.41. The van der Waals surface area contributed by atoms with Crippen LogP contribution in [0, 0.1) is 0 Å². The Morgan fingerprint density at radius 3 is 2.45 bits per heavy atom. The van der Waals surface area contributed by atoms with Crippen LogP contribution >= 0.6 is 11.6 Å². The molecule has 2 rings (SSSR count). The minimum atomic E-state index is -3.44. The van der Waals surface area contributed by atoms with Crippen LogP contribution in [0.3, 0.4) is 0 Å². The molecule has 0 aliphatic rings. The molecule has 0 spiro atoms. The highest BCUT2D eigenvalue weighted by Crippen LogP contribution is 2.31. The Labute approximate surface area is 133 Å². The summed E-state index contributed by atoms with van der Waals surface area (Å²) in [4.78, 5) is 17.3. The number of nitrogens with zero attached hydrogens (tertiary/aromatic N) is 2. The first-order valence-corrected chi connectivity index (χ1v) is 8.49. The monoisotopic (exact) mass is 339 g/mol. The Balaban J connectivity index is 2.56. The van der Waals surface area contributed by atoms with Gasteiger partial charge in [0.15, 0.2) is 9.84 Å². The van der Waals surface area contributed by atoms with Gasteiger partial charge in [0.05, 0.1) is 15.6 Å². The van der Waals surface area contributed by atoms with Crippen LogP contribution < -0.4 is 10.6 Å². The number of hydrogen-bond donors (Lipinski definition) is 1. The van der Waals surface area contributed by atoms with Gasteiger partial charge in [-0.25, -0.2) is 13.4 Å². The van der Waals surface area contributed by atoms with Gasteiger partial charge in [-0.05, 0) is 24.3 Å². The highest BCUT2D eigenvalue weighted by molar-refractivity contribution is 7.90. The minimum Gasteiger partial charge on any atom is -0.399 e. The van der Waals surface area contributed by atoms with Gasteiger partial charge in [-0.1, -0.05) is 11.6 Å². The fraction of sp³-hybridized carbons (Fsp3) is 0.143. The maximum atomic E-state index is 11.9. The molecule has 2 N–H and O–H groups in total. The first-order valence-electron chi connectivity index (χ1n) is 6.22. The third-order valence-electron chi connectivity index (χ3n) is 2.89. The number of rotatable bonds is 3. The molecule has 2 aromatic rings. The summed E-state index contributed by atoms with van der Waals surface area (Å²) in [6.07, 6.45) is 2.54. The summed E-state index contributed by atoms with van der Waals surface area (Å²) in [5.41, 5.74) is 6.56. The number of halogens is 1. The smallest absolute Gasteiger partial charge is 0.229 e. The van der Waals surface area contributed by atoms with Crippen molar-refractivity contribution < 1.29 is 13.2 Å². The average Bonchev–Trinajstić information content (AvgIpc) is 2.37. The highest BCUT2D eigenvalue weighted by atomic mass is 35.5. The summed E-state index contributed by atoms with van der Waals surface area (Å²) in [6.45, 7) is 1.36. The molecule has 0 fully saturated rings. The second-order valence-electron chi connectivity index (χ2n) is 4.69. The lowest BCUT2D eigenvalue weighted by Crippen LogP contribution is -2.24. The van der Waals surface area contributed by atoms with E-state index in [0.29, 0.717) is 17.2 Å². The molecular formula is C14H14ClN3O3S. The van der Waals surface area contributed by atoms with Crippen molar-refractivity contribution in [2.24, 2.45) is 0 Å². The maximum Gasteiger partial charge on any atom is 0.229 e. The van der Waals surface area contributed by atoms with Gasteiger partial charge in [0.25, 0.3) is 0 Å².